The van der Waals surface area contributed by atoms with Gasteiger partial charge in [0, 0.05) is 42.3 Å². The number of nitrogens with zero attached hydrogens (tertiary/aromatic N) is 2. The molecule has 0 atom stereocenters. The van der Waals surface area contributed by atoms with Crippen molar-refractivity contribution < 1.29 is 9.21 Å². The number of halogens is 2. The summed E-state index contributed by atoms with van der Waals surface area (Å²) in [5.41, 5.74) is 1.91. The maximum atomic E-state index is 12.9. The number of anilines is 1. The molecule has 0 aliphatic carbocycles. The van der Waals surface area contributed by atoms with E-state index in [0.29, 0.717) is 36.6 Å². The molecule has 1 aromatic heterocycles. The summed E-state index contributed by atoms with van der Waals surface area (Å²) in [6.07, 6.45) is 0. The normalized spacial score (nSPS) is 14.5. The van der Waals surface area contributed by atoms with Gasteiger partial charge in [-0.1, -0.05) is 41.4 Å². The Labute approximate surface area is 172 Å². The van der Waals surface area contributed by atoms with Gasteiger partial charge in [-0.15, -0.1) is 0 Å². The topological polar surface area (TPSA) is 53.8 Å². The molecular formula is C21H18Cl2N2O3. The second kappa shape index (κ2) is 7.49. The van der Waals surface area contributed by atoms with Crippen molar-refractivity contribution in [2.75, 3.05) is 31.1 Å². The third kappa shape index (κ3) is 3.48. The number of para-hydroxylation sites is 1. The Hall–Kier alpha value is -2.50. The monoisotopic (exact) mass is 416 g/mol. The third-order valence-corrected chi connectivity index (χ3v) is 5.50. The highest BCUT2D eigenvalue weighted by Crippen LogP contribution is 2.28. The van der Waals surface area contributed by atoms with Gasteiger partial charge in [-0.2, -0.15) is 0 Å². The van der Waals surface area contributed by atoms with E-state index in [2.05, 4.69) is 24.0 Å². The van der Waals surface area contributed by atoms with Crippen molar-refractivity contribution in [3.8, 4) is 0 Å². The SMILES string of the molecule is Cc1ccccc1N1CCN(C(=O)c2cc3cc(Cl)cc(Cl)c3oc2=O)CC1. The largest absolute Gasteiger partial charge is 0.421 e. The molecule has 144 valence electrons. The van der Waals surface area contributed by atoms with Crippen molar-refractivity contribution in [3.63, 3.8) is 0 Å². The third-order valence-electron chi connectivity index (χ3n) is 5.01. The molecule has 28 heavy (non-hydrogen) atoms. The lowest BCUT2D eigenvalue weighted by molar-refractivity contribution is 0.0742. The van der Waals surface area contributed by atoms with Crippen LogP contribution in [0.4, 0.5) is 5.69 Å². The zero-order chi connectivity index (χ0) is 19.8. The Bertz CT molecular complexity index is 1120. The number of rotatable bonds is 2. The van der Waals surface area contributed by atoms with Gasteiger partial charge in [-0.05, 0) is 36.8 Å². The maximum Gasteiger partial charge on any atom is 0.349 e. The number of carbonyl (C=O) groups excluding carboxylic acids is 1. The summed E-state index contributed by atoms with van der Waals surface area (Å²) in [7, 11) is 0. The van der Waals surface area contributed by atoms with Gasteiger partial charge < -0.3 is 14.2 Å². The second-order valence-corrected chi connectivity index (χ2v) is 7.66. The summed E-state index contributed by atoms with van der Waals surface area (Å²) >= 11 is 12.1. The minimum Gasteiger partial charge on any atom is -0.421 e. The van der Waals surface area contributed by atoms with Gasteiger partial charge in [-0.3, -0.25) is 4.79 Å². The first-order valence-electron chi connectivity index (χ1n) is 8.97. The van der Waals surface area contributed by atoms with Crippen LogP contribution >= 0.6 is 23.2 Å². The lowest BCUT2D eigenvalue weighted by Gasteiger charge is -2.36. The molecule has 1 amide bonds. The zero-order valence-corrected chi connectivity index (χ0v) is 16.8. The number of hydrogen-bond acceptors (Lipinski definition) is 4. The zero-order valence-electron chi connectivity index (χ0n) is 15.2. The van der Waals surface area contributed by atoms with Gasteiger partial charge in [0.15, 0.2) is 5.58 Å². The van der Waals surface area contributed by atoms with Crippen molar-refractivity contribution in [2.24, 2.45) is 0 Å². The fourth-order valence-electron chi connectivity index (χ4n) is 3.55. The molecule has 0 N–H and O–H groups in total. The van der Waals surface area contributed by atoms with E-state index in [-0.39, 0.29) is 22.1 Å². The molecule has 1 aliphatic rings. The van der Waals surface area contributed by atoms with Gasteiger partial charge in [0.25, 0.3) is 5.91 Å². The molecular weight excluding hydrogens is 399 g/mol. The first-order valence-corrected chi connectivity index (χ1v) is 9.72. The Balaban J connectivity index is 1.57. The average molecular weight is 417 g/mol. The molecule has 0 unspecified atom stereocenters. The summed E-state index contributed by atoms with van der Waals surface area (Å²) in [5.74, 6) is -0.337. The molecule has 2 heterocycles. The highest BCUT2D eigenvalue weighted by Gasteiger charge is 2.25. The van der Waals surface area contributed by atoms with Crippen molar-refractivity contribution in [1.82, 2.24) is 4.90 Å². The molecule has 0 radical (unpaired) electrons. The number of hydrogen-bond donors (Lipinski definition) is 0. The summed E-state index contributed by atoms with van der Waals surface area (Å²) < 4.78 is 5.29. The highest BCUT2D eigenvalue weighted by atomic mass is 35.5. The van der Waals surface area contributed by atoms with Crippen LogP contribution < -0.4 is 10.5 Å². The van der Waals surface area contributed by atoms with E-state index in [4.69, 9.17) is 27.6 Å². The van der Waals surface area contributed by atoms with Crippen LogP contribution in [0.25, 0.3) is 11.0 Å². The Morgan fingerprint density at radius 2 is 1.75 bits per heavy atom. The van der Waals surface area contributed by atoms with E-state index in [1.165, 1.54) is 23.4 Å². The number of aryl methyl sites for hydroxylation is 1. The average Bonchev–Trinajstić information content (AvgIpc) is 2.68. The smallest absolute Gasteiger partial charge is 0.349 e. The Morgan fingerprint density at radius 1 is 1.04 bits per heavy atom. The minimum atomic E-state index is -0.692. The maximum absolute atomic E-state index is 12.9. The molecule has 1 saturated heterocycles. The minimum absolute atomic E-state index is 0.00447. The van der Waals surface area contributed by atoms with E-state index < -0.39 is 5.63 Å². The molecule has 1 aliphatic heterocycles. The van der Waals surface area contributed by atoms with Gasteiger partial charge >= 0.3 is 5.63 Å². The lowest BCUT2D eigenvalue weighted by Crippen LogP contribution is -2.49. The van der Waals surface area contributed by atoms with Crippen LogP contribution in [0.3, 0.4) is 0 Å². The van der Waals surface area contributed by atoms with E-state index >= 15 is 0 Å². The van der Waals surface area contributed by atoms with Crippen LogP contribution in [0.15, 0.2) is 51.7 Å². The van der Waals surface area contributed by atoms with Crippen LogP contribution in [0, 0.1) is 6.92 Å². The molecule has 4 rings (SSSR count). The van der Waals surface area contributed by atoms with Crippen molar-refractivity contribution in [2.45, 2.75) is 6.92 Å². The van der Waals surface area contributed by atoms with Crippen LogP contribution in [0.1, 0.15) is 15.9 Å². The Morgan fingerprint density at radius 3 is 2.46 bits per heavy atom. The van der Waals surface area contributed by atoms with Gasteiger partial charge in [0.2, 0.25) is 0 Å². The summed E-state index contributed by atoms with van der Waals surface area (Å²) in [5, 5.41) is 1.18. The molecule has 1 fully saturated rings. The van der Waals surface area contributed by atoms with E-state index in [0.717, 1.165) is 0 Å². The number of benzene rings is 2. The highest BCUT2D eigenvalue weighted by molar-refractivity contribution is 6.38. The van der Waals surface area contributed by atoms with Crippen LogP contribution in [-0.2, 0) is 0 Å². The molecule has 2 aromatic carbocycles. The summed E-state index contributed by atoms with van der Waals surface area (Å²) in [4.78, 5) is 29.2. The van der Waals surface area contributed by atoms with Gasteiger partial charge in [0.1, 0.15) is 5.56 Å². The molecule has 0 bridgehead atoms. The van der Waals surface area contributed by atoms with Crippen molar-refractivity contribution in [1.29, 1.82) is 0 Å². The molecule has 7 heteroatoms. The number of amides is 1. The van der Waals surface area contributed by atoms with Crippen molar-refractivity contribution in [3.05, 3.63) is 74.1 Å². The fourth-order valence-corrected chi connectivity index (χ4v) is 4.09. The van der Waals surface area contributed by atoms with Crippen LogP contribution in [-0.4, -0.2) is 37.0 Å². The summed E-state index contributed by atoms with van der Waals surface area (Å²) in [6, 6.07) is 12.8. The van der Waals surface area contributed by atoms with Crippen LogP contribution in [0.5, 0.6) is 0 Å². The fraction of sp³-hybridized carbons (Fsp3) is 0.238. The number of piperazine rings is 1. The van der Waals surface area contributed by atoms with Gasteiger partial charge in [-0.25, -0.2) is 4.79 Å². The Kier molecular flexibility index (Phi) is 5.04. The first kappa shape index (κ1) is 18.8. The van der Waals surface area contributed by atoms with E-state index in [1.807, 2.05) is 12.1 Å². The van der Waals surface area contributed by atoms with Gasteiger partial charge in [0.05, 0.1) is 5.02 Å². The predicted molar refractivity (Wildman–Crippen MR) is 112 cm³/mol. The second-order valence-electron chi connectivity index (χ2n) is 6.82. The predicted octanol–water partition coefficient (Wildman–Crippen LogP) is 4.37. The first-order chi connectivity index (χ1) is 13.4. The standard InChI is InChI=1S/C21H18Cl2N2O3/c1-13-4-2-3-5-18(13)24-6-8-25(9-7-24)20(26)16-11-14-10-15(22)12-17(23)19(14)28-21(16)27/h2-5,10-12H,6-9H2,1H3. The molecule has 3 aromatic rings. The lowest BCUT2D eigenvalue weighted by atomic mass is 10.1. The molecule has 0 saturated carbocycles. The van der Waals surface area contributed by atoms with Crippen LogP contribution in [0.2, 0.25) is 10.0 Å². The summed E-state index contributed by atoms with van der Waals surface area (Å²) in [6.45, 7) is 4.53. The molecule has 0 spiro atoms. The number of fused-ring (bicyclic) bond motifs is 1. The van der Waals surface area contributed by atoms with E-state index in [9.17, 15) is 9.59 Å². The van der Waals surface area contributed by atoms with E-state index in [1.54, 1.807) is 11.0 Å². The quantitative estimate of drug-likeness (QED) is 0.581. The molecule has 5 nitrogen and oxygen atoms in total. The van der Waals surface area contributed by atoms with Crippen molar-refractivity contribution >= 4 is 45.8 Å². The number of carbonyl (C=O) groups is 1.